The Hall–Kier alpha value is -0.560. The van der Waals surface area contributed by atoms with E-state index in [0.717, 1.165) is 10.9 Å². The Labute approximate surface area is 97.3 Å². The van der Waals surface area contributed by atoms with Crippen molar-refractivity contribution in [3.05, 3.63) is 35.9 Å². The Kier molecular flexibility index (Phi) is 5.89. The van der Waals surface area contributed by atoms with Gasteiger partial charge < -0.3 is 10.3 Å². The molecule has 4 heteroatoms. The van der Waals surface area contributed by atoms with Gasteiger partial charge in [0.2, 0.25) is 0 Å². The van der Waals surface area contributed by atoms with E-state index in [4.69, 9.17) is 5.73 Å². The minimum atomic E-state index is -2.11. The molecule has 2 nitrogen and oxygen atoms in total. The Morgan fingerprint density at radius 2 is 1.80 bits per heavy atom. The molecule has 0 aromatic heterocycles. The fourth-order valence-corrected chi connectivity index (χ4v) is 2.02. The zero-order valence-electron chi connectivity index (χ0n) is 9.01. The van der Waals surface area contributed by atoms with Crippen molar-refractivity contribution in [3.63, 3.8) is 0 Å². The van der Waals surface area contributed by atoms with Crippen LogP contribution in [0.5, 0.6) is 0 Å². The van der Waals surface area contributed by atoms with Crippen molar-refractivity contribution in [1.29, 1.82) is 0 Å². The van der Waals surface area contributed by atoms with Crippen LogP contribution in [-0.2, 0) is 4.57 Å². The maximum absolute atomic E-state index is 11.7. The lowest BCUT2D eigenvalue weighted by Gasteiger charge is -2.06. The molecule has 0 amide bonds. The second kappa shape index (κ2) is 6.12. The van der Waals surface area contributed by atoms with Crippen molar-refractivity contribution in [2.24, 2.45) is 5.73 Å². The molecule has 0 unspecified atom stereocenters. The van der Waals surface area contributed by atoms with E-state index in [9.17, 15) is 4.57 Å². The molecule has 0 fully saturated rings. The van der Waals surface area contributed by atoms with Gasteiger partial charge in [-0.2, -0.15) is 0 Å². The van der Waals surface area contributed by atoms with Crippen molar-refractivity contribution in [2.45, 2.75) is 0 Å². The van der Waals surface area contributed by atoms with Crippen LogP contribution in [0.25, 0.3) is 6.08 Å². The minimum absolute atomic E-state index is 0. The largest absolute Gasteiger partial charge is 0.327 e. The summed E-state index contributed by atoms with van der Waals surface area (Å²) in [6, 6.07) is 7.75. The lowest BCUT2D eigenvalue weighted by Crippen LogP contribution is -2.01. The summed E-state index contributed by atoms with van der Waals surface area (Å²) in [6.07, 6.45) is 3.85. The summed E-state index contributed by atoms with van der Waals surface area (Å²) in [5, 5.41) is 0.919. The van der Waals surface area contributed by atoms with Crippen LogP contribution in [0.2, 0.25) is 0 Å². The van der Waals surface area contributed by atoms with E-state index >= 15 is 0 Å². The van der Waals surface area contributed by atoms with Crippen LogP contribution in [0.1, 0.15) is 5.56 Å². The van der Waals surface area contributed by atoms with Crippen LogP contribution in [0.3, 0.4) is 0 Å². The van der Waals surface area contributed by atoms with Crippen LogP contribution in [0.4, 0.5) is 0 Å². The lowest BCUT2D eigenvalue weighted by atomic mass is 10.2. The Morgan fingerprint density at radius 1 is 1.27 bits per heavy atom. The molecule has 84 valence electrons. The van der Waals surface area contributed by atoms with E-state index in [2.05, 4.69) is 0 Å². The van der Waals surface area contributed by atoms with E-state index in [-0.39, 0.29) is 12.4 Å². The smallest absolute Gasteiger partial charge is 0.109 e. The third-order valence-electron chi connectivity index (χ3n) is 1.96. The third-order valence-corrected chi connectivity index (χ3v) is 3.50. The summed E-state index contributed by atoms with van der Waals surface area (Å²) in [5.41, 5.74) is 6.43. The van der Waals surface area contributed by atoms with Gasteiger partial charge in [-0.25, -0.2) is 0 Å². The quantitative estimate of drug-likeness (QED) is 0.831. The summed E-state index contributed by atoms with van der Waals surface area (Å²) in [7, 11) is -2.11. The summed E-state index contributed by atoms with van der Waals surface area (Å²) < 4.78 is 11.7. The van der Waals surface area contributed by atoms with Crippen molar-refractivity contribution in [2.75, 3.05) is 19.9 Å². The average Bonchev–Trinajstić information content (AvgIpc) is 2.14. The first-order valence-corrected chi connectivity index (χ1v) is 7.16. The van der Waals surface area contributed by atoms with Crippen molar-refractivity contribution in [3.8, 4) is 0 Å². The molecule has 0 spiro atoms. The molecule has 0 bridgehead atoms. The highest BCUT2D eigenvalue weighted by molar-refractivity contribution is 7.70. The third kappa shape index (κ3) is 4.65. The predicted octanol–water partition coefficient (Wildman–Crippen LogP) is 2.33. The number of nitrogens with two attached hydrogens (primary N) is 1. The van der Waals surface area contributed by atoms with Gasteiger partial charge in [0.15, 0.2) is 0 Å². The minimum Gasteiger partial charge on any atom is -0.327 e. The van der Waals surface area contributed by atoms with E-state index in [0.29, 0.717) is 6.54 Å². The number of rotatable bonds is 3. The van der Waals surface area contributed by atoms with Crippen LogP contribution in [0.15, 0.2) is 30.3 Å². The normalized spacial score (nSPS) is 11.4. The Balaban J connectivity index is 0.00000196. The Bertz CT molecular complexity index is 367. The molecule has 2 N–H and O–H groups in total. The van der Waals surface area contributed by atoms with E-state index in [1.165, 1.54) is 0 Å². The molecule has 0 aliphatic carbocycles. The van der Waals surface area contributed by atoms with E-state index in [1.807, 2.05) is 36.4 Å². The molecule has 15 heavy (non-hydrogen) atoms. The molecule has 0 atom stereocenters. The van der Waals surface area contributed by atoms with E-state index < -0.39 is 7.14 Å². The van der Waals surface area contributed by atoms with Gasteiger partial charge in [-0.05, 0) is 18.9 Å². The molecule has 0 saturated heterocycles. The van der Waals surface area contributed by atoms with Gasteiger partial charge in [0.05, 0.1) is 0 Å². The highest BCUT2D eigenvalue weighted by atomic mass is 35.5. The number of hydrogen-bond acceptors (Lipinski definition) is 2. The molecule has 0 heterocycles. The maximum atomic E-state index is 11.7. The van der Waals surface area contributed by atoms with Crippen LogP contribution in [0, 0.1) is 0 Å². The van der Waals surface area contributed by atoms with Gasteiger partial charge in [-0.1, -0.05) is 36.4 Å². The number of hydrogen-bond donors (Lipinski definition) is 1. The van der Waals surface area contributed by atoms with Gasteiger partial charge in [0.1, 0.15) is 7.14 Å². The highest BCUT2D eigenvalue weighted by Crippen LogP contribution is 2.34. The predicted molar refractivity (Wildman–Crippen MR) is 70.9 cm³/mol. The SMILES string of the molecule is CP(C)(=O)c1ccc(/C=C/CN)cc1.Cl. The molecule has 1 rings (SSSR count). The summed E-state index contributed by atoms with van der Waals surface area (Å²) in [6.45, 7) is 4.09. The van der Waals surface area contributed by atoms with Crippen molar-refractivity contribution in [1.82, 2.24) is 0 Å². The summed E-state index contributed by atoms with van der Waals surface area (Å²) in [5.74, 6) is 0. The van der Waals surface area contributed by atoms with Gasteiger partial charge in [-0.15, -0.1) is 12.4 Å². The monoisotopic (exact) mass is 245 g/mol. The van der Waals surface area contributed by atoms with Gasteiger partial charge in [0, 0.05) is 11.8 Å². The van der Waals surface area contributed by atoms with Crippen molar-refractivity contribution >= 4 is 30.9 Å². The van der Waals surface area contributed by atoms with Crippen LogP contribution < -0.4 is 11.0 Å². The molecule has 0 aliphatic heterocycles. The fourth-order valence-electron chi connectivity index (χ4n) is 1.15. The zero-order valence-corrected chi connectivity index (χ0v) is 10.7. The molecular weight excluding hydrogens is 229 g/mol. The fraction of sp³-hybridized carbons (Fsp3) is 0.273. The average molecular weight is 246 g/mol. The molecule has 1 aromatic rings. The van der Waals surface area contributed by atoms with Gasteiger partial charge in [-0.3, -0.25) is 0 Å². The van der Waals surface area contributed by atoms with Crippen LogP contribution in [-0.4, -0.2) is 19.9 Å². The molecular formula is C11H17ClNOP. The highest BCUT2D eigenvalue weighted by Gasteiger charge is 2.09. The summed E-state index contributed by atoms with van der Waals surface area (Å²) >= 11 is 0. The van der Waals surface area contributed by atoms with Gasteiger partial charge >= 0.3 is 0 Å². The first kappa shape index (κ1) is 14.4. The number of halogens is 1. The maximum Gasteiger partial charge on any atom is 0.109 e. The Morgan fingerprint density at radius 3 is 2.20 bits per heavy atom. The zero-order chi connectivity index (χ0) is 10.6. The number of benzene rings is 1. The molecule has 1 aromatic carbocycles. The topological polar surface area (TPSA) is 43.1 Å². The molecule has 0 saturated carbocycles. The van der Waals surface area contributed by atoms with Crippen LogP contribution >= 0.6 is 19.5 Å². The van der Waals surface area contributed by atoms with E-state index in [1.54, 1.807) is 13.3 Å². The standard InChI is InChI=1S/C11H16NOP.ClH/c1-14(2,13)11-7-5-10(6-8-11)4-3-9-12;/h3-8H,9,12H2,1-2H3;1H/b4-3+;. The van der Waals surface area contributed by atoms with Crippen molar-refractivity contribution < 1.29 is 4.57 Å². The first-order valence-electron chi connectivity index (χ1n) is 4.56. The lowest BCUT2D eigenvalue weighted by molar-refractivity contribution is 0.588. The summed E-state index contributed by atoms with van der Waals surface area (Å²) in [4.78, 5) is 0. The van der Waals surface area contributed by atoms with Gasteiger partial charge in [0.25, 0.3) is 0 Å². The second-order valence-electron chi connectivity index (χ2n) is 3.58. The molecule has 0 aliphatic rings. The molecule has 0 radical (unpaired) electrons. The first-order chi connectivity index (χ1) is 6.54. The second-order valence-corrected chi connectivity index (χ2v) is 6.80.